The highest BCUT2D eigenvalue weighted by atomic mass is 16.5. The van der Waals surface area contributed by atoms with Gasteiger partial charge < -0.3 is 10.5 Å². The third-order valence-electron chi connectivity index (χ3n) is 2.81. The molecule has 2 nitrogen and oxygen atoms in total. The maximum absolute atomic E-state index is 5.60. The fourth-order valence-corrected chi connectivity index (χ4v) is 2.13. The summed E-state index contributed by atoms with van der Waals surface area (Å²) in [7, 11) is 1.73. The van der Waals surface area contributed by atoms with Gasteiger partial charge in [-0.05, 0) is 55.5 Å². The summed E-state index contributed by atoms with van der Waals surface area (Å²) in [5, 5.41) is 0. The molecule has 0 aliphatic rings. The number of aryl methyl sites for hydroxylation is 2. The van der Waals surface area contributed by atoms with Crippen molar-refractivity contribution in [3.8, 4) is 5.75 Å². The molecule has 1 aromatic rings. The first kappa shape index (κ1) is 12.1. The molecule has 0 bridgehead atoms. The van der Waals surface area contributed by atoms with Gasteiger partial charge in [-0.3, -0.25) is 0 Å². The number of nitrogens with two attached hydrogens (primary N) is 1. The fourth-order valence-electron chi connectivity index (χ4n) is 2.13. The average molecular weight is 207 g/mol. The zero-order valence-corrected chi connectivity index (χ0v) is 10.1. The van der Waals surface area contributed by atoms with Crippen molar-refractivity contribution in [1.82, 2.24) is 0 Å². The van der Waals surface area contributed by atoms with E-state index in [1.165, 1.54) is 16.7 Å². The number of ether oxygens (including phenoxy) is 1. The summed E-state index contributed by atoms with van der Waals surface area (Å²) in [4.78, 5) is 0. The molecular formula is C13H21NO. The first-order valence-electron chi connectivity index (χ1n) is 5.45. The van der Waals surface area contributed by atoms with Crippen LogP contribution in [0.25, 0.3) is 0 Å². The van der Waals surface area contributed by atoms with Gasteiger partial charge in [0.05, 0.1) is 7.11 Å². The third-order valence-corrected chi connectivity index (χ3v) is 2.81. The first-order chi connectivity index (χ1) is 7.10. The maximum Gasteiger partial charge on any atom is 0.122 e. The maximum atomic E-state index is 5.60. The Kier molecular flexibility index (Phi) is 4.15. The van der Waals surface area contributed by atoms with Crippen LogP contribution in [0, 0.1) is 13.8 Å². The van der Waals surface area contributed by atoms with E-state index in [2.05, 4.69) is 32.9 Å². The summed E-state index contributed by atoms with van der Waals surface area (Å²) in [5.74, 6) is 1.46. The van der Waals surface area contributed by atoms with Crippen molar-refractivity contribution in [3.05, 3.63) is 28.8 Å². The van der Waals surface area contributed by atoms with Crippen molar-refractivity contribution in [2.75, 3.05) is 13.7 Å². The molecule has 0 amide bonds. The second-order valence-electron chi connectivity index (χ2n) is 4.18. The SMILES string of the molecule is COc1cc(C)cc(C)c1C(C)CCN. The molecule has 0 saturated carbocycles. The molecule has 1 atom stereocenters. The monoisotopic (exact) mass is 207 g/mol. The van der Waals surface area contributed by atoms with Gasteiger partial charge in [0, 0.05) is 0 Å². The number of rotatable bonds is 4. The Morgan fingerprint density at radius 2 is 2.00 bits per heavy atom. The lowest BCUT2D eigenvalue weighted by atomic mass is 9.91. The van der Waals surface area contributed by atoms with Crippen LogP contribution < -0.4 is 10.5 Å². The molecule has 0 aromatic heterocycles. The smallest absolute Gasteiger partial charge is 0.122 e. The number of hydrogen-bond acceptors (Lipinski definition) is 2. The van der Waals surface area contributed by atoms with Gasteiger partial charge in [0.15, 0.2) is 0 Å². The van der Waals surface area contributed by atoms with E-state index in [0.717, 1.165) is 18.7 Å². The van der Waals surface area contributed by atoms with E-state index >= 15 is 0 Å². The molecule has 1 aromatic carbocycles. The standard InChI is InChI=1S/C13H21NO/c1-9-7-11(3)13(10(2)5-6-14)12(8-9)15-4/h7-8,10H,5-6,14H2,1-4H3. The summed E-state index contributed by atoms with van der Waals surface area (Å²) in [6.07, 6.45) is 1.00. The Bertz CT molecular complexity index is 334. The molecule has 0 heterocycles. The number of benzene rings is 1. The molecule has 0 radical (unpaired) electrons. The van der Waals surface area contributed by atoms with Crippen molar-refractivity contribution in [3.63, 3.8) is 0 Å². The Balaban J connectivity index is 3.14. The van der Waals surface area contributed by atoms with Crippen LogP contribution in [0.3, 0.4) is 0 Å². The quantitative estimate of drug-likeness (QED) is 0.824. The highest BCUT2D eigenvalue weighted by Crippen LogP contribution is 2.32. The van der Waals surface area contributed by atoms with Crippen LogP contribution in [-0.4, -0.2) is 13.7 Å². The molecule has 0 aliphatic heterocycles. The zero-order chi connectivity index (χ0) is 11.4. The van der Waals surface area contributed by atoms with Crippen molar-refractivity contribution >= 4 is 0 Å². The molecule has 15 heavy (non-hydrogen) atoms. The summed E-state index contributed by atoms with van der Waals surface area (Å²) in [6, 6.07) is 4.29. The fraction of sp³-hybridized carbons (Fsp3) is 0.538. The second-order valence-corrected chi connectivity index (χ2v) is 4.18. The van der Waals surface area contributed by atoms with Gasteiger partial charge in [-0.25, -0.2) is 0 Å². The molecule has 0 spiro atoms. The van der Waals surface area contributed by atoms with Gasteiger partial charge in [0.25, 0.3) is 0 Å². The Hall–Kier alpha value is -1.02. The third kappa shape index (κ3) is 2.72. The summed E-state index contributed by atoms with van der Waals surface area (Å²) in [6.45, 7) is 7.15. The van der Waals surface area contributed by atoms with Crippen LogP contribution in [-0.2, 0) is 0 Å². The predicted octanol–water partition coefficient (Wildman–Crippen LogP) is 2.76. The normalized spacial score (nSPS) is 12.6. The van der Waals surface area contributed by atoms with E-state index in [0.29, 0.717) is 5.92 Å². The summed E-state index contributed by atoms with van der Waals surface area (Å²) in [5.41, 5.74) is 9.44. The van der Waals surface area contributed by atoms with Gasteiger partial charge in [0.1, 0.15) is 5.75 Å². The Morgan fingerprint density at radius 3 is 2.53 bits per heavy atom. The van der Waals surface area contributed by atoms with Gasteiger partial charge in [0.2, 0.25) is 0 Å². The molecular weight excluding hydrogens is 186 g/mol. The molecule has 1 rings (SSSR count). The van der Waals surface area contributed by atoms with E-state index in [4.69, 9.17) is 10.5 Å². The molecule has 0 aliphatic carbocycles. The molecule has 84 valence electrons. The van der Waals surface area contributed by atoms with Crippen molar-refractivity contribution < 1.29 is 4.74 Å². The van der Waals surface area contributed by atoms with Gasteiger partial charge >= 0.3 is 0 Å². The Morgan fingerprint density at radius 1 is 1.33 bits per heavy atom. The molecule has 2 N–H and O–H groups in total. The highest BCUT2D eigenvalue weighted by molar-refractivity contribution is 5.45. The van der Waals surface area contributed by atoms with E-state index in [-0.39, 0.29) is 0 Å². The lowest BCUT2D eigenvalue weighted by Crippen LogP contribution is -2.07. The lowest BCUT2D eigenvalue weighted by molar-refractivity contribution is 0.404. The summed E-state index contributed by atoms with van der Waals surface area (Å²) < 4.78 is 5.43. The van der Waals surface area contributed by atoms with Gasteiger partial charge in [-0.1, -0.05) is 13.0 Å². The van der Waals surface area contributed by atoms with E-state index in [1.54, 1.807) is 7.11 Å². The van der Waals surface area contributed by atoms with E-state index in [1.807, 2.05) is 0 Å². The number of methoxy groups -OCH3 is 1. The van der Waals surface area contributed by atoms with Crippen LogP contribution in [0.1, 0.15) is 36.0 Å². The average Bonchev–Trinajstić information content (AvgIpc) is 2.16. The zero-order valence-electron chi connectivity index (χ0n) is 10.1. The first-order valence-corrected chi connectivity index (χ1v) is 5.45. The highest BCUT2D eigenvalue weighted by Gasteiger charge is 2.14. The predicted molar refractivity (Wildman–Crippen MR) is 64.6 cm³/mol. The van der Waals surface area contributed by atoms with Crippen molar-refractivity contribution in [2.24, 2.45) is 5.73 Å². The molecule has 0 saturated heterocycles. The largest absolute Gasteiger partial charge is 0.496 e. The Labute approximate surface area is 92.4 Å². The summed E-state index contributed by atoms with van der Waals surface area (Å²) >= 11 is 0. The van der Waals surface area contributed by atoms with Crippen LogP contribution in [0.15, 0.2) is 12.1 Å². The molecule has 1 unspecified atom stereocenters. The van der Waals surface area contributed by atoms with E-state index < -0.39 is 0 Å². The molecule has 0 fully saturated rings. The van der Waals surface area contributed by atoms with E-state index in [9.17, 15) is 0 Å². The van der Waals surface area contributed by atoms with Gasteiger partial charge in [-0.2, -0.15) is 0 Å². The van der Waals surface area contributed by atoms with Crippen LogP contribution in [0.2, 0.25) is 0 Å². The van der Waals surface area contributed by atoms with Crippen LogP contribution in [0.4, 0.5) is 0 Å². The van der Waals surface area contributed by atoms with Crippen molar-refractivity contribution in [1.29, 1.82) is 0 Å². The lowest BCUT2D eigenvalue weighted by Gasteiger charge is -2.18. The van der Waals surface area contributed by atoms with Crippen LogP contribution in [0.5, 0.6) is 5.75 Å². The minimum absolute atomic E-state index is 0.463. The van der Waals surface area contributed by atoms with Crippen LogP contribution >= 0.6 is 0 Å². The van der Waals surface area contributed by atoms with Crippen molar-refractivity contribution in [2.45, 2.75) is 33.1 Å². The second kappa shape index (κ2) is 5.17. The minimum Gasteiger partial charge on any atom is -0.496 e. The minimum atomic E-state index is 0.463. The topological polar surface area (TPSA) is 35.2 Å². The molecule has 2 heteroatoms. The van der Waals surface area contributed by atoms with Gasteiger partial charge in [-0.15, -0.1) is 0 Å². The number of hydrogen-bond donors (Lipinski definition) is 1.